The zero-order valence-electron chi connectivity index (χ0n) is 31.7. The van der Waals surface area contributed by atoms with E-state index in [2.05, 4.69) is 161 Å². The molecule has 0 spiro atoms. The Balaban J connectivity index is 0.000000417. The lowest BCUT2D eigenvalue weighted by Gasteiger charge is -2.25. The molecular formula is C50H42N6O. The number of piperazine rings is 1. The molecule has 10 rings (SSSR count). The van der Waals surface area contributed by atoms with Gasteiger partial charge in [-0.25, -0.2) is 9.97 Å². The van der Waals surface area contributed by atoms with Gasteiger partial charge in [0.1, 0.15) is 0 Å². The molecule has 7 nitrogen and oxygen atoms in total. The third-order valence-electron chi connectivity index (χ3n) is 10.6. The Morgan fingerprint density at radius 1 is 0.439 bits per heavy atom. The number of fused-ring (bicyclic) bond motifs is 8. The third kappa shape index (κ3) is 7.36. The summed E-state index contributed by atoms with van der Waals surface area (Å²) in [6.07, 6.45) is 8.54. The van der Waals surface area contributed by atoms with E-state index in [1.54, 1.807) is 6.92 Å². The van der Waals surface area contributed by atoms with Crippen LogP contribution in [-0.2, 0) is 4.79 Å². The predicted molar refractivity (Wildman–Crippen MR) is 236 cm³/mol. The molecule has 1 amide bonds. The summed E-state index contributed by atoms with van der Waals surface area (Å²) in [6.45, 7) is 5.25. The molecule has 7 aromatic rings. The van der Waals surface area contributed by atoms with E-state index < -0.39 is 0 Å². The number of amides is 1. The third-order valence-corrected chi connectivity index (χ3v) is 10.6. The van der Waals surface area contributed by atoms with Crippen LogP contribution in [0, 0.1) is 0 Å². The summed E-state index contributed by atoms with van der Waals surface area (Å²) < 4.78 is 0. The maximum Gasteiger partial charge on any atom is 0.219 e. The topological polar surface area (TPSA) is 89.7 Å². The molecule has 278 valence electrons. The molecule has 3 aliphatic rings. The van der Waals surface area contributed by atoms with E-state index in [-0.39, 0.29) is 5.91 Å². The molecule has 3 aromatic heterocycles. The minimum Gasteiger partial charge on any atom is -0.354 e. The normalized spacial score (nSPS) is 13.2. The SMILES string of the molecule is C1=Cc2nc1c(-c1ccccc1)c1ccc([nH]1)c(-c1ccccc1)c1nc(c(-c3ccccc3)c3ccc([nH]3)c2-c2ccccc2)C=C1.CC(=O)N1CCNCC1. The molecule has 0 unspecified atom stereocenters. The average Bonchev–Trinajstić information content (AvgIpc) is 4.11. The lowest BCUT2D eigenvalue weighted by Crippen LogP contribution is -2.45. The number of aromatic amines is 2. The van der Waals surface area contributed by atoms with Gasteiger partial charge in [0.15, 0.2) is 0 Å². The maximum absolute atomic E-state index is 10.7. The Bertz CT molecular complexity index is 2430. The van der Waals surface area contributed by atoms with Gasteiger partial charge in [0.2, 0.25) is 5.91 Å². The molecule has 57 heavy (non-hydrogen) atoms. The van der Waals surface area contributed by atoms with Gasteiger partial charge in [0.25, 0.3) is 0 Å². The van der Waals surface area contributed by atoms with E-state index in [4.69, 9.17) is 9.97 Å². The zero-order chi connectivity index (χ0) is 38.6. The van der Waals surface area contributed by atoms with Gasteiger partial charge in [-0.05, 0) is 70.8 Å². The number of benzene rings is 4. The van der Waals surface area contributed by atoms with Gasteiger partial charge in [-0.15, -0.1) is 0 Å². The summed E-state index contributed by atoms with van der Waals surface area (Å²) >= 11 is 0. The second-order valence-electron chi connectivity index (χ2n) is 14.2. The summed E-state index contributed by atoms with van der Waals surface area (Å²) in [6, 6.07) is 50.7. The molecule has 4 aromatic carbocycles. The highest BCUT2D eigenvalue weighted by Gasteiger charge is 2.18. The molecule has 0 saturated carbocycles. The molecule has 0 aliphatic carbocycles. The van der Waals surface area contributed by atoms with Crippen LogP contribution in [0.25, 0.3) is 90.9 Å². The summed E-state index contributed by atoms with van der Waals surface area (Å²) in [5.74, 6) is 0.191. The van der Waals surface area contributed by atoms with Gasteiger partial charge in [-0.2, -0.15) is 0 Å². The summed E-state index contributed by atoms with van der Waals surface area (Å²) in [7, 11) is 0. The molecule has 3 aliphatic heterocycles. The van der Waals surface area contributed by atoms with Crippen LogP contribution in [-0.4, -0.2) is 56.9 Å². The van der Waals surface area contributed by atoms with Gasteiger partial charge in [0, 0.05) is 77.4 Å². The van der Waals surface area contributed by atoms with Crippen molar-refractivity contribution in [1.82, 2.24) is 30.2 Å². The first kappa shape index (κ1) is 35.6. The molecule has 1 saturated heterocycles. The van der Waals surface area contributed by atoms with Crippen molar-refractivity contribution in [1.29, 1.82) is 0 Å². The fourth-order valence-corrected chi connectivity index (χ4v) is 7.82. The fourth-order valence-electron chi connectivity index (χ4n) is 7.82. The first-order valence-corrected chi connectivity index (χ1v) is 19.4. The second kappa shape index (κ2) is 15.9. The van der Waals surface area contributed by atoms with E-state index in [1.807, 2.05) is 29.2 Å². The van der Waals surface area contributed by atoms with Crippen LogP contribution in [0.5, 0.6) is 0 Å². The van der Waals surface area contributed by atoms with Crippen LogP contribution in [0.15, 0.2) is 146 Å². The smallest absolute Gasteiger partial charge is 0.219 e. The number of rotatable bonds is 4. The van der Waals surface area contributed by atoms with Crippen LogP contribution in [0.2, 0.25) is 0 Å². The number of aromatic nitrogens is 4. The van der Waals surface area contributed by atoms with Crippen molar-refractivity contribution < 1.29 is 4.79 Å². The Hall–Kier alpha value is -7.09. The minimum atomic E-state index is 0.191. The molecule has 6 heterocycles. The first-order chi connectivity index (χ1) is 28.1. The van der Waals surface area contributed by atoms with Crippen molar-refractivity contribution in [2.75, 3.05) is 26.2 Å². The lowest BCUT2D eigenvalue weighted by atomic mass is 10.0. The predicted octanol–water partition coefficient (Wildman–Crippen LogP) is 10.8. The van der Waals surface area contributed by atoms with Crippen molar-refractivity contribution in [2.45, 2.75) is 6.92 Å². The van der Waals surface area contributed by atoms with Crippen LogP contribution in [0.4, 0.5) is 0 Å². The molecule has 3 N–H and O–H groups in total. The number of hydrogen-bond acceptors (Lipinski definition) is 4. The van der Waals surface area contributed by atoms with Crippen molar-refractivity contribution in [3.63, 3.8) is 0 Å². The van der Waals surface area contributed by atoms with Crippen molar-refractivity contribution >= 4 is 52.3 Å². The summed E-state index contributed by atoms with van der Waals surface area (Å²) in [4.78, 5) is 30.9. The van der Waals surface area contributed by atoms with Crippen molar-refractivity contribution in [3.05, 3.63) is 168 Å². The maximum atomic E-state index is 10.7. The van der Waals surface area contributed by atoms with Crippen LogP contribution in [0.3, 0.4) is 0 Å². The summed E-state index contributed by atoms with van der Waals surface area (Å²) in [5.41, 5.74) is 16.2. The standard InChI is InChI=1S/C44H30N4.C6H12N2O/c1-5-13-29(14-6-1)41-33-21-23-35(45-33)42(30-15-7-2-8-16-30)37-25-27-39(47-37)44(32-19-11-4-12-20-32)40-28-26-38(48-40)43(31-17-9-3-10-18-31)36-24-22-34(41)46-36;1-6(9)8-4-2-7-3-5-8/h1-28,45,48H;7H,2-5H2,1H3. The number of carbonyl (C=O) groups is 1. The van der Waals surface area contributed by atoms with Crippen LogP contribution < -0.4 is 5.32 Å². The number of carbonyl (C=O) groups excluding carboxylic acids is 1. The second-order valence-corrected chi connectivity index (χ2v) is 14.2. The quantitative estimate of drug-likeness (QED) is 0.167. The summed E-state index contributed by atoms with van der Waals surface area (Å²) in [5, 5.41) is 3.18. The van der Waals surface area contributed by atoms with E-state index in [9.17, 15) is 4.79 Å². The average molecular weight is 743 g/mol. The molecule has 0 atom stereocenters. The highest BCUT2D eigenvalue weighted by Crippen LogP contribution is 2.38. The molecule has 8 bridgehead atoms. The fraction of sp³-hybridized carbons (Fsp3) is 0.100. The zero-order valence-corrected chi connectivity index (χ0v) is 31.7. The van der Waals surface area contributed by atoms with E-state index in [1.165, 1.54) is 0 Å². The van der Waals surface area contributed by atoms with Crippen LogP contribution >= 0.6 is 0 Å². The monoisotopic (exact) mass is 742 g/mol. The first-order valence-electron chi connectivity index (χ1n) is 19.4. The Morgan fingerprint density at radius 2 is 0.719 bits per heavy atom. The van der Waals surface area contributed by atoms with Gasteiger partial charge >= 0.3 is 0 Å². The number of hydrogen-bond donors (Lipinski definition) is 3. The van der Waals surface area contributed by atoms with Crippen LogP contribution in [0.1, 0.15) is 29.7 Å². The Labute approximate surface area is 332 Å². The molecule has 0 radical (unpaired) electrons. The lowest BCUT2D eigenvalue weighted by molar-refractivity contribution is -0.129. The van der Waals surface area contributed by atoms with Crippen molar-refractivity contribution in [3.8, 4) is 44.5 Å². The largest absolute Gasteiger partial charge is 0.354 e. The molecule has 7 heteroatoms. The highest BCUT2D eigenvalue weighted by atomic mass is 16.2. The highest BCUT2D eigenvalue weighted by molar-refractivity contribution is 5.99. The van der Waals surface area contributed by atoms with E-state index in [0.717, 1.165) is 116 Å². The number of H-pyrrole nitrogens is 2. The molecule has 1 fully saturated rings. The minimum absolute atomic E-state index is 0.191. The van der Waals surface area contributed by atoms with Gasteiger partial charge < -0.3 is 20.2 Å². The molecular weight excluding hydrogens is 701 g/mol. The Morgan fingerprint density at radius 3 is 0.965 bits per heavy atom. The van der Waals surface area contributed by atoms with E-state index >= 15 is 0 Å². The van der Waals surface area contributed by atoms with E-state index in [0.29, 0.717) is 0 Å². The Kier molecular flexibility index (Phi) is 9.96. The number of nitrogens with one attached hydrogen (secondary N) is 3. The van der Waals surface area contributed by atoms with Crippen molar-refractivity contribution in [2.24, 2.45) is 0 Å². The number of nitrogens with zero attached hydrogens (tertiary/aromatic N) is 3. The van der Waals surface area contributed by atoms with Gasteiger partial charge in [0.05, 0.1) is 22.8 Å². The van der Waals surface area contributed by atoms with Gasteiger partial charge in [-0.3, -0.25) is 4.79 Å². The van der Waals surface area contributed by atoms with Gasteiger partial charge in [-0.1, -0.05) is 121 Å².